The van der Waals surface area contributed by atoms with Crippen molar-refractivity contribution in [3.8, 4) is 0 Å². The third-order valence-electron chi connectivity index (χ3n) is 4.14. The fourth-order valence-electron chi connectivity index (χ4n) is 2.65. The first kappa shape index (κ1) is 20.4. The van der Waals surface area contributed by atoms with Crippen LogP contribution < -0.4 is 10.6 Å². The van der Waals surface area contributed by atoms with Crippen molar-refractivity contribution >= 4 is 33.4 Å². The van der Waals surface area contributed by atoms with Crippen molar-refractivity contribution in [3.05, 3.63) is 59.7 Å². The van der Waals surface area contributed by atoms with Crippen LogP contribution in [0.2, 0.25) is 0 Å². The molecule has 1 aliphatic heterocycles. The van der Waals surface area contributed by atoms with Crippen LogP contribution in [0.3, 0.4) is 0 Å². The van der Waals surface area contributed by atoms with Gasteiger partial charge in [0.05, 0.1) is 18.0 Å². The molecule has 4 amide bonds. The minimum Gasteiger partial charge on any atom is -0.329 e. The number of carbonyl (C=O) groups excluding carboxylic acids is 3. The second kappa shape index (κ2) is 7.95. The number of carbonyl (C=O) groups is 3. The topological polar surface area (TPSA) is 113 Å². The Bertz CT molecular complexity index is 1060. The van der Waals surface area contributed by atoms with E-state index in [1.807, 2.05) is 0 Å². The predicted molar refractivity (Wildman–Crippen MR) is 98.0 cm³/mol. The number of sulfone groups is 1. The second-order valence-electron chi connectivity index (χ2n) is 6.12. The highest BCUT2D eigenvalue weighted by Crippen LogP contribution is 2.20. The molecular weight excluding hydrogens is 408 g/mol. The van der Waals surface area contributed by atoms with Gasteiger partial charge in [-0.05, 0) is 42.0 Å². The van der Waals surface area contributed by atoms with Crippen molar-refractivity contribution in [1.82, 2.24) is 10.2 Å². The Hall–Kier alpha value is -3.34. The smallest absolute Gasteiger partial charge is 0.329 e. The van der Waals surface area contributed by atoms with Crippen molar-refractivity contribution in [1.29, 1.82) is 0 Å². The van der Waals surface area contributed by atoms with E-state index in [1.54, 1.807) is 24.3 Å². The highest BCUT2D eigenvalue weighted by atomic mass is 32.2. The summed E-state index contributed by atoms with van der Waals surface area (Å²) >= 11 is 0. The molecule has 1 heterocycles. The number of anilines is 1. The van der Waals surface area contributed by atoms with Crippen LogP contribution in [-0.2, 0) is 21.2 Å². The Labute approximate surface area is 164 Å². The zero-order chi connectivity index (χ0) is 21.2. The van der Waals surface area contributed by atoms with Crippen LogP contribution in [0.1, 0.15) is 15.9 Å². The van der Waals surface area contributed by atoms with Gasteiger partial charge >= 0.3 is 11.8 Å². The molecule has 1 aliphatic rings. The Morgan fingerprint density at radius 2 is 1.83 bits per heavy atom. The van der Waals surface area contributed by atoms with Gasteiger partial charge in [-0.25, -0.2) is 13.2 Å². The maximum absolute atomic E-state index is 12.6. The summed E-state index contributed by atoms with van der Waals surface area (Å²) < 4.78 is 48.0. The summed E-state index contributed by atoms with van der Waals surface area (Å²) in [4.78, 5) is 36.1. The lowest BCUT2D eigenvalue weighted by Gasteiger charge is -2.13. The Kier molecular flexibility index (Phi) is 5.59. The minimum atomic E-state index is -4.73. The number of nitrogens with zero attached hydrogens (tertiary/aromatic N) is 1. The van der Waals surface area contributed by atoms with Gasteiger partial charge < -0.3 is 10.6 Å². The van der Waals surface area contributed by atoms with Gasteiger partial charge in [-0.1, -0.05) is 12.1 Å². The third kappa shape index (κ3) is 4.40. The molecule has 0 unspecified atom stereocenters. The summed E-state index contributed by atoms with van der Waals surface area (Å²) in [6.45, 7) is -0.0267. The van der Waals surface area contributed by atoms with Gasteiger partial charge in [0, 0.05) is 11.3 Å². The Balaban J connectivity index is 1.71. The fourth-order valence-corrected chi connectivity index (χ4v) is 3.37. The number of nitrogens with one attached hydrogen (secondary N) is 2. The summed E-state index contributed by atoms with van der Waals surface area (Å²) in [6.07, 6.45) is 0. The van der Waals surface area contributed by atoms with Gasteiger partial charge in [-0.3, -0.25) is 14.5 Å². The van der Waals surface area contributed by atoms with E-state index in [4.69, 9.17) is 0 Å². The molecule has 2 aromatic carbocycles. The van der Waals surface area contributed by atoms with E-state index in [-0.39, 0.29) is 24.6 Å². The van der Waals surface area contributed by atoms with Crippen LogP contribution in [-0.4, -0.2) is 43.5 Å². The third-order valence-corrected chi connectivity index (χ3v) is 5.54. The van der Waals surface area contributed by atoms with Crippen molar-refractivity contribution in [2.24, 2.45) is 0 Å². The molecular formula is C18H15F2N3O5S. The normalized spacial score (nSPS) is 14.2. The lowest BCUT2D eigenvalue weighted by atomic mass is 10.1. The maximum atomic E-state index is 12.6. The Morgan fingerprint density at radius 1 is 1.14 bits per heavy atom. The van der Waals surface area contributed by atoms with E-state index in [0.29, 0.717) is 11.3 Å². The van der Waals surface area contributed by atoms with Crippen LogP contribution in [0.5, 0.6) is 0 Å². The first-order valence-electron chi connectivity index (χ1n) is 8.29. The molecule has 0 bridgehead atoms. The molecule has 1 fully saturated rings. The molecule has 29 heavy (non-hydrogen) atoms. The number of urea groups is 1. The largest absolute Gasteiger partial charge is 0.341 e. The molecule has 0 spiro atoms. The monoisotopic (exact) mass is 423 g/mol. The predicted octanol–water partition coefficient (Wildman–Crippen LogP) is 1.99. The molecule has 1 saturated heterocycles. The highest BCUT2D eigenvalue weighted by Gasteiger charge is 2.28. The molecule has 0 aliphatic carbocycles. The van der Waals surface area contributed by atoms with E-state index in [0.717, 1.165) is 29.2 Å². The highest BCUT2D eigenvalue weighted by molar-refractivity contribution is 7.91. The van der Waals surface area contributed by atoms with E-state index >= 15 is 0 Å². The quantitative estimate of drug-likeness (QED) is 0.690. The van der Waals surface area contributed by atoms with E-state index < -0.39 is 32.4 Å². The molecule has 2 aromatic rings. The molecule has 3 rings (SSSR count). The van der Waals surface area contributed by atoms with Gasteiger partial charge in [0.2, 0.25) is 15.7 Å². The first-order chi connectivity index (χ1) is 13.7. The number of hydrogen-bond donors (Lipinski definition) is 2. The van der Waals surface area contributed by atoms with E-state index in [1.165, 1.54) is 0 Å². The summed E-state index contributed by atoms with van der Waals surface area (Å²) in [6, 6.07) is 10.1. The van der Waals surface area contributed by atoms with Crippen molar-refractivity contribution in [2.75, 3.05) is 11.9 Å². The fraction of sp³-hybridized carbons (Fsp3) is 0.167. The van der Waals surface area contributed by atoms with Crippen LogP contribution in [0.15, 0.2) is 53.4 Å². The van der Waals surface area contributed by atoms with Gasteiger partial charge in [0.15, 0.2) is 0 Å². The first-order valence-corrected chi connectivity index (χ1v) is 9.84. The van der Waals surface area contributed by atoms with Gasteiger partial charge in [0.25, 0.3) is 5.91 Å². The average Bonchev–Trinajstić information content (AvgIpc) is 3.00. The molecule has 152 valence electrons. The average molecular weight is 423 g/mol. The second-order valence-corrected chi connectivity index (χ2v) is 8.04. The summed E-state index contributed by atoms with van der Waals surface area (Å²) in [5.74, 6) is -4.49. The van der Waals surface area contributed by atoms with Gasteiger partial charge in [-0.2, -0.15) is 8.78 Å². The van der Waals surface area contributed by atoms with Gasteiger partial charge in [-0.15, -0.1) is 0 Å². The lowest BCUT2D eigenvalue weighted by Crippen LogP contribution is -2.30. The number of benzene rings is 2. The van der Waals surface area contributed by atoms with Crippen LogP contribution in [0, 0.1) is 0 Å². The summed E-state index contributed by atoms with van der Waals surface area (Å²) in [7, 11) is -4.73. The van der Waals surface area contributed by atoms with Crippen molar-refractivity contribution < 1.29 is 31.6 Å². The van der Waals surface area contributed by atoms with Gasteiger partial charge in [0.1, 0.15) is 0 Å². The SMILES string of the molecule is O=C(Nc1cccc(CN2C(=O)CNC2=O)c1)c1ccc(S(=O)(=O)C(F)F)cc1. The number of rotatable bonds is 6. The molecule has 8 nitrogen and oxygen atoms in total. The molecule has 0 radical (unpaired) electrons. The van der Waals surface area contributed by atoms with E-state index in [9.17, 15) is 31.6 Å². The molecule has 11 heteroatoms. The number of imide groups is 1. The molecule has 0 atom stereocenters. The van der Waals surface area contributed by atoms with Crippen LogP contribution >= 0.6 is 0 Å². The molecule has 2 N–H and O–H groups in total. The van der Waals surface area contributed by atoms with Crippen LogP contribution in [0.4, 0.5) is 19.3 Å². The summed E-state index contributed by atoms with van der Waals surface area (Å²) in [5, 5.41) is 4.99. The summed E-state index contributed by atoms with van der Waals surface area (Å²) in [5.41, 5.74) is 1.05. The van der Waals surface area contributed by atoms with Crippen molar-refractivity contribution in [3.63, 3.8) is 0 Å². The molecule has 0 aromatic heterocycles. The zero-order valence-electron chi connectivity index (χ0n) is 14.8. The number of hydrogen-bond acceptors (Lipinski definition) is 5. The standard InChI is InChI=1S/C18H15F2N3O5S/c19-17(20)29(27,28)14-6-4-12(5-7-14)16(25)22-13-3-1-2-11(8-13)10-23-15(24)9-21-18(23)26/h1-8,17H,9-10H2,(H,21,26)(H,22,25). The number of alkyl halides is 2. The van der Waals surface area contributed by atoms with Crippen LogP contribution in [0.25, 0.3) is 0 Å². The minimum absolute atomic E-state index is 0.0363. The van der Waals surface area contributed by atoms with Crippen molar-refractivity contribution in [2.45, 2.75) is 17.2 Å². The molecule has 0 saturated carbocycles. The number of amides is 4. The zero-order valence-corrected chi connectivity index (χ0v) is 15.6. The van der Waals surface area contributed by atoms with E-state index in [2.05, 4.69) is 10.6 Å². The maximum Gasteiger partial charge on any atom is 0.341 e. The Morgan fingerprint density at radius 3 is 2.41 bits per heavy atom. The lowest BCUT2D eigenvalue weighted by molar-refractivity contribution is -0.125. The number of halogens is 2.